The number of nitrogens with zero attached hydrogens (tertiary/aromatic N) is 1. The molecule has 0 fully saturated rings. The summed E-state index contributed by atoms with van der Waals surface area (Å²) in [5.41, 5.74) is 6.41. The lowest BCUT2D eigenvalue weighted by Crippen LogP contribution is -2.26. The highest BCUT2D eigenvalue weighted by Crippen LogP contribution is 2.22. The van der Waals surface area contributed by atoms with Crippen LogP contribution in [0, 0.1) is 0 Å². The molecule has 21 heavy (non-hydrogen) atoms. The molecule has 2 aromatic rings. The first-order valence-corrected chi connectivity index (χ1v) is 9.02. The smallest absolute Gasteiger partial charge is 0.241 e. The maximum Gasteiger partial charge on any atom is 0.241 e. The van der Waals surface area contributed by atoms with E-state index in [4.69, 9.17) is 5.73 Å². The number of rotatable bonds is 6. The van der Waals surface area contributed by atoms with Crippen LogP contribution >= 0.6 is 11.3 Å². The molecule has 1 unspecified atom stereocenters. The Bertz CT molecular complexity index is 693. The van der Waals surface area contributed by atoms with Crippen molar-refractivity contribution in [1.29, 1.82) is 0 Å². The summed E-state index contributed by atoms with van der Waals surface area (Å²) in [6.45, 7) is 4.23. The molecule has 0 radical (unpaired) electrons. The van der Waals surface area contributed by atoms with Gasteiger partial charge < -0.3 is 5.73 Å². The molecule has 0 aliphatic rings. The topological polar surface area (TPSA) is 85.1 Å². The molecule has 0 aliphatic carbocycles. The summed E-state index contributed by atoms with van der Waals surface area (Å²) in [5, 5.41) is 0.772. The molecule has 0 saturated heterocycles. The second-order valence-electron chi connectivity index (χ2n) is 4.71. The molecule has 1 aromatic carbocycles. The average molecular weight is 325 g/mol. The van der Waals surface area contributed by atoms with Crippen LogP contribution in [-0.4, -0.2) is 13.4 Å². The minimum absolute atomic E-state index is 0.235. The fraction of sp³-hybridized carbons (Fsp3) is 0.357. The van der Waals surface area contributed by atoms with Gasteiger partial charge in [-0.2, -0.15) is 0 Å². The first-order chi connectivity index (χ1) is 9.96. The Balaban J connectivity index is 2.15. The molecule has 2 rings (SSSR count). The fourth-order valence-electron chi connectivity index (χ4n) is 1.84. The maximum atomic E-state index is 12.3. The van der Waals surface area contributed by atoms with Crippen LogP contribution in [0.4, 0.5) is 0 Å². The van der Waals surface area contributed by atoms with Gasteiger partial charge >= 0.3 is 0 Å². The van der Waals surface area contributed by atoms with Gasteiger partial charge in [-0.15, -0.1) is 11.3 Å². The van der Waals surface area contributed by atoms with Gasteiger partial charge in [-0.1, -0.05) is 19.1 Å². The van der Waals surface area contributed by atoms with Crippen molar-refractivity contribution in [3.05, 3.63) is 45.9 Å². The van der Waals surface area contributed by atoms with E-state index in [2.05, 4.69) is 9.71 Å². The van der Waals surface area contributed by atoms with Crippen molar-refractivity contribution >= 4 is 21.4 Å². The normalized spacial score (nSPS) is 13.3. The Labute approximate surface area is 129 Å². The molecule has 5 nitrogen and oxygen atoms in total. The zero-order valence-electron chi connectivity index (χ0n) is 12.0. The number of sulfonamides is 1. The van der Waals surface area contributed by atoms with Crippen molar-refractivity contribution in [1.82, 2.24) is 9.71 Å². The van der Waals surface area contributed by atoms with E-state index in [1.54, 1.807) is 37.4 Å². The van der Waals surface area contributed by atoms with E-state index in [1.807, 2.05) is 6.92 Å². The third-order valence-electron chi connectivity index (χ3n) is 3.09. The van der Waals surface area contributed by atoms with Gasteiger partial charge in [0.2, 0.25) is 10.0 Å². The van der Waals surface area contributed by atoms with Crippen LogP contribution in [0.2, 0.25) is 0 Å². The highest BCUT2D eigenvalue weighted by Gasteiger charge is 2.20. The van der Waals surface area contributed by atoms with Crippen LogP contribution in [0.1, 0.15) is 35.3 Å². The molecule has 3 N–H and O–H groups in total. The van der Waals surface area contributed by atoms with Gasteiger partial charge in [-0.3, -0.25) is 0 Å². The summed E-state index contributed by atoms with van der Waals surface area (Å²) in [4.78, 5) is 5.64. The lowest BCUT2D eigenvalue weighted by Gasteiger charge is -2.12. The molecule has 0 amide bonds. The largest absolute Gasteiger partial charge is 0.326 e. The minimum Gasteiger partial charge on any atom is -0.326 e. The van der Waals surface area contributed by atoms with Crippen LogP contribution in [0.15, 0.2) is 35.4 Å². The van der Waals surface area contributed by atoms with E-state index in [1.165, 1.54) is 11.3 Å². The highest BCUT2D eigenvalue weighted by molar-refractivity contribution is 7.89. The van der Waals surface area contributed by atoms with Crippen LogP contribution in [0.3, 0.4) is 0 Å². The lowest BCUT2D eigenvalue weighted by molar-refractivity contribution is 0.566. The lowest BCUT2D eigenvalue weighted by atomic mass is 10.2. The van der Waals surface area contributed by atoms with E-state index in [9.17, 15) is 8.42 Å². The van der Waals surface area contributed by atoms with E-state index in [0.29, 0.717) is 6.54 Å². The Kier molecular flexibility index (Phi) is 5.10. The van der Waals surface area contributed by atoms with Crippen molar-refractivity contribution in [2.75, 3.05) is 0 Å². The van der Waals surface area contributed by atoms with Crippen molar-refractivity contribution < 1.29 is 8.42 Å². The number of aryl methyl sites for hydroxylation is 1. The van der Waals surface area contributed by atoms with E-state index in [0.717, 1.165) is 21.9 Å². The number of nitrogens with one attached hydrogen (secondary N) is 1. The van der Waals surface area contributed by atoms with E-state index >= 15 is 0 Å². The highest BCUT2D eigenvalue weighted by atomic mass is 32.2. The zero-order chi connectivity index (χ0) is 15.5. The fourth-order valence-corrected chi connectivity index (χ4v) is 3.98. The maximum absolute atomic E-state index is 12.3. The van der Waals surface area contributed by atoms with Crippen LogP contribution < -0.4 is 10.5 Å². The van der Waals surface area contributed by atoms with Gasteiger partial charge in [0, 0.05) is 17.6 Å². The number of thiazole rings is 1. The number of benzene rings is 1. The molecular formula is C14H19N3O2S2. The third-order valence-corrected chi connectivity index (χ3v) is 5.97. The van der Waals surface area contributed by atoms with Gasteiger partial charge in [0.25, 0.3) is 0 Å². The number of hydrogen-bond donors (Lipinski definition) is 2. The molecule has 0 aliphatic heterocycles. The van der Waals surface area contributed by atoms with E-state index in [-0.39, 0.29) is 10.9 Å². The molecule has 0 spiro atoms. The quantitative estimate of drug-likeness (QED) is 0.852. The molecule has 0 saturated carbocycles. The predicted octanol–water partition coefficient (Wildman–Crippen LogP) is 2.20. The summed E-state index contributed by atoms with van der Waals surface area (Å²) in [6, 6.07) is 6.22. The second kappa shape index (κ2) is 6.65. The molecule has 1 heterocycles. The van der Waals surface area contributed by atoms with Gasteiger partial charge in [0.15, 0.2) is 0 Å². The molecular weight excluding hydrogens is 306 g/mol. The van der Waals surface area contributed by atoms with Crippen molar-refractivity contribution in [2.45, 2.75) is 37.8 Å². The Morgan fingerprint density at radius 1 is 1.33 bits per heavy atom. The molecule has 1 atom stereocenters. The zero-order valence-corrected chi connectivity index (χ0v) is 13.7. The first kappa shape index (κ1) is 16.1. The van der Waals surface area contributed by atoms with Crippen molar-refractivity contribution in [3.8, 4) is 0 Å². The van der Waals surface area contributed by atoms with Gasteiger partial charge in [-0.25, -0.2) is 18.1 Å². The van der Waals surface area contributed by atoms with Gasteiger partial charge in [0.1, 0.15) is 5.01 Å². The predicted molar refractivity (Wildman–Crippen MR) is 84.6 cm³/mol. The van der Waals surface area contributed by atoms with Gasteiger partial charge in [-0.05, 0) is 31.0 Å². The molecule has 7 heteroatoms. The number of aromatic nitrogens is 1. The Morgan fingerprint density at radius 2 is 2.00 bits per heavy atom. The Morgan fingerprint density at radius 3 is 2.52 bits per heavy atom. The number of hydrogen-bond acceptors (Lipinski definition) is 5. The Hall–Kier alpha value is -1.28. The summed E-state index contributed by atoms with van der Waals surface area (Å²) in [6.07, 6.45) is 2.69. The average Bonchev–Trinajstić information content (AvgIpc) is 2.96. The molecule has 1 aromatic heterocycles. The summed E-state index contributed by atoms with van der Waals surface area (Å²) >= 11 is 1.53. The molecule has 0 bridgehead atoms. The van der Waals surface area contributed by atoms with Gasteiger partial charge in [0.05, 0.1) is 10.9 Å². The third kappa shape index (κ3) is 3.88. The van der Waals surface area contributed by atoms with Crippen LogP contribution in [0.25, 0.3) is 0 Å². The monoisotopic (exact) mass is 325 g/mol. The standard InChI is InChI=1S/C14H19N3O2S2/c1-3-12-9-16-14(20-12)10(2)17-21(18,19)13-6-4-11(8-15)5-7-13/h4-7,9-10,17H,3,8,15H2,1-2H3. The second-order valence-corrected chi connectivity index (χ2v) is 7.57. The summed E-state index contributed by atoms with van der Waals surface area (Å²) in [7, 11) is -3.55. The van der Waals surface area contributed by atoms with Crippen molar-refractivity contribution in [3.63, 3.8) is 0 Å². The molecule has 114 valence electrons. The van der Waals surface area contributed by atoms with Crippen LogP contribution in [-0.2, 0) is 23.0 Å². The van der Waals surface area contributed by atoms with Crippen LogP contribution in [0.5, 0.6) is 0 Å². The summed E-state index contributed by atoms with van der Waals surface area (Å²) in [5.74, 6) is 0. The van der Waals surface area contributed by atoms with Crippen molar-refractivity contribution in [2.24, 2.45) is 5.73 Å². The summed E-state index contributed by atoms with van der Waals surface area (Å²) < 4.78 is 27.3. The number of nitrogens with two attached hydrogens (primary N) is 1. The first-order valence-electron chi connectivity index (χ1n) is 6.72. The van der Waals surface area contributed by atoms with E-state index < -0.39 is 10.0 Å². The SMILES string of the molecule is CCc1cnc(C(C)NS(=O)(=O)c2ccc(CN)cc2)s1. The minimum atomic E-state index is -3.55.